The standard InChI is InChI=1S/C13H17N3/c14-11-12-3-5-13(6-4-12)16-9-2-1-7-15-8-10-16/h3-6,15H,1-2,7-10H2. The summed E-state index contributed by atoms with van der Waals surface area (Å²) in [6.07, 6.45) is 2.47. The van der Waals surface area contributed by atoms with Gasteiger partial charge >= 0.3 is 0 Å². The maximum atomic E-state index is 8.75. The number of rotatable bonds is 1. The molecule has 1 aliphatic heterocycles. The van der Waals surface area contributed by atoms with Crippen LogP contribution in [0.4, 0.5) is 5.69 Å². The minimum Gasteiger partial charge on any atom is -0.370 e. The fraction of sp³-hybridized carbons (Fsp3) is 0.462. The summed E-state index contributed by atoms with van der Waals surface area (Å²) in [6.45, 7) is 4.35. The molecule has 0 saturated carbocycles. The van der Waals surface area contributed by atoms with Gasteiger partial charge in [0.15, 0.2) is 0 Å². The summed E-state index contributed by atoms with van der Waals surface area (Å²) in [5.41, 5.74) is 1.96. The van der Waals surface area contributed by atoms with E-state index in [0.717, 1.165) is 31.7 Å². The minimum atomic E-state index is 0.730. The van der Waals surface area contributed by atoms with E-state index < -0.39 is 0 Å². The van der Waals surface area contributed by atoms with E-state index in [0.29, 0.717) is 0 Å². The Morgan fingerprint density at radius 1 is 1.06 bits per heavy atom. The van der Waals surface area contributed by atoms with Crippen LogP contribution in [0.5, 0.6) is 0 Å². The zero-order valence-electron chi connectivity index (χ0n) is 9.45. The first kappa shape index (κ1) is 11.0. The number of nitriles is 1. The third-order valence-electron chi connectivity index (χ3n) is 2.95. The second-order valence-electron chi connectivity index (χ2n) is 4.10. The second-order valence-corrected chi connectivity index (χ2v) is 4.10. The number of nitrogens with one attached hydrogen (secondary N) is 1. The summed E-state index contributed by atoms with van der Waals surface area (Å²) in [5.74, 6) is 0. The second kappa shape index (κ2) is 5.53. The predicted molar refractivity (Wildman–Crippen MR) is 65.5 cm³/mol. The highest BCUT2D eigenvalue weighted by Crippen LogP contribution is 2.16. The average Bonchev–Trinajstić information content (AvgIpc) is 2.29. The molecule has 1 fully saturated rings. The molecule has 1 aromatic rings. The van der Waals surface area contributed by atoms with Crippen LogP contribution in [0, 0.1) is 11.3 Å². The van der Waals surface area contributed by atoms with Crippen molar-refractivity contribution in [3.8, 4) is 6.07 Å². The largest absolute Gasteiger partial charge is 0.370 e. The Bertz CT molecular complexity index is 356. The summed E-state index contributed by atoms with van der Waals surface area (Å²) in [4.78, 5) is 2.38. The van der Waals surface area contributed by atoms with Gasteiger partial charge in [-0.25, -0.2) is 0 Å². The Hall–Kier alpha value is -1.53. The van der Waals surface area contributed by atoms with Crippen LogP contribution in [0.1, 0.15) is 18.4 Å². The Morgan fingerprint density at radius 2 is 1.88 bits per heavy atom. The molecule has 0 spiro atoms. The van der Waals surface area contributed by atoms with Crippen molar-refractivity contribution in [2.45, 2.75) is 12.8 Å². The van der Waals surface area contributed by atoms with Crippen LogP contribution in [0.15, 0.2) is 24.3 Å². The first-order valence-electron chi connectivity index (χ1n) is 5.86. The van der Waals surface area contributed by atoms with Gasteiger partial charge in [-0.2, -0.15) is 5.26 Å². The maximum Gasteiger partial charge on any atom is 0.0991 e. The van der Waals surface area contributed by atoms with E-state index >= 15 is 0 Å². The van der Waals surface area contributed by atoms with Crippen molar-refractivity contribution in [3.63, 3.8) is 0 Å². The first-order chi connectivity index (χ1) is 7.90. The van der Waals surface area contributed by atoms with E-state index in [1.165, 1.54) is 18.5 Å². The normalized spacial score (nSPS) is 17.3. The molecule has 0 amide bonds. The number of hydrogen-bond donors (Lipinski definition) is 1. The van der Waals surface area contributed by atoms with Crippen molar-refractivity contribution < 1.29 is 0 Å². The fourth-order valence-corrected chi connectivity index (χ4v) is 2.01. The maximum absolute atomic E-state index is 8.75. The summed E-state index contributed by atoms with van der Waals surface area (Å²) in [5, 5.41) is 12.2. The van der Waals surface area contributed by atoms with E-state index in [9.17, 15) is 0 Å². The zero-order valence-corrected chi connectivity index (χ0v) is 9.45. The van der Waals surface area contributed by atoms with Gasteiger partial charge in [0.2, 0.25) is 0 Å². The molecule has 0 unspecified atom stereocenters. The third kappa shape index (κ3) is 2.74. The SMILES string of the molecule is N#Cc1ccc(N2CCCCNCC2)cc1. The van der Waals surface area contributed by atoms with Gasteiger partial charge in [0.05, 0.1) is 11.6 Å². The van der Waals surface area contributed by atoms with Gasteiger partial charge in [-0.15, -0.1) is 0 Å². The van der Waals surface area contributed by atoms with Crippen molar-refractivity contribution >= 4 is 5.69 Å². The molecule has 0 atom stereocenters. The van der Waals surface area contributed by atoms with Crippen LogP contribution < -0.4 is 10.2 Å². The quantitative estimate of drug-likeness (QED) is 0.775. The molecule has 1 heterocycles. The molecule has 84 valence electrons. The molecule has 1 N–H and O–H groups in total. The van der Waals surface area contributed by atoms with Crippen molar-refractivity contribution in [3.05, 3.63) is 29.8 Å². The summed E-state index contributed by atoms with van der Waals surface area (Å²) < 4.78 is 0. The minimum absolute atomic E-state index is 0.730. The summed E-state index contributed by atoms with van der Waals surface area (Å²) >= 11 is 0. The van der Waals surface area contributed by atoms with Crippen LogP contribution >= 0.6 is 0 Å². The first-order valence-corrected chi connectivity index (χ1v) is 5.86. The lowest BCUT2D eigenvalue weighted by atomic mass is 10.2. The summed E-state index contributed by atoms with van der Waals surface area (Å²) in [7, 11) is 0. The van der Waals surface area contributed by atoms with Crippen molar-refractivity contribution in [1.82, 2.24) is 5.32 Å². The van der Waals surface area contributed by atoms with Crippen molar-refractivity contribution in [2.75, 3.05) is 31.1 Å². The Balaban J connectivity index is 2.06. The molecule has 16 heavy (non-hydrogen) atoms. The molecule has 1 aromatic carbocycles. The molecule has 2 rings (SSSR count). The van der Waals surface area contributed by atoms with E-state index in [2.05, 4.69) is 16.3 Å². The van der Waals surface area contributed by atoms with Gasteiger partial charge in [0.1, 0.15) is 0 Å². The van der Waals surface area contributed by atoms with Crippen LogP contribution in [0.25, 0.3) is 0 Å². The zero-order chi connectivity index (χ0) is 11.2. The molecule has 0 radical (unpaired) electrons. The van der Waals surface area contributed by atoms with Gasteiger partial charge in [-0.1, -0.05) is 0 Å². The molecular weight excluding hydrogens is 198 g/mol. The van der Waals surface area contributed by atoms with E-state index in [-0.39, 0.29) is 0 Å². The average molecular weight is 215 g/mol. The number of benzene rings is 1. The molecule has 0 bridgehead atoms. The van der Waals surface area contributed by atoms with E-state index in [4.69, 9.17) is 5.26 Å². The van der Waals surface area contributed by atoms with Crippen LogP contribution in [-0.4, -0.2) is 26.2 Å². The molecule has 3 heteroatoms. The number of anilines is 1. The topological polar surface area (TPSA) is 39.1 Å². The number of nitrogens with zero attached hydrogens (tertiary/aromatic N) is 2. The fourth-order valence-electron chi connectivity index (χ4n) is 2.01. The lowest BCUT2D eigenvalue weighted by molar-refractivity contribution is 0.567. The highest BCUT2D eigenvalue weighted by atomic mass is 15.1. The van der Waals surface area contributed by atoms with Crippen molar-refractivity contribution in [1.29, 1.82) is 5.26 Å². The molecule has 0 aromatic heterocycles. The van der Waals surface area contributed by atoms with Gasteiger partial charge in [-0.3, -0.25) is 0 Å². The predicted octanol–water partition coefficient (Wildman–Crippen LogP) is 1.75. The lowest BCUT2D eigenvalue weighted by Crippen LogP contribution is -2.36. The van der Waals surface area contributed by atoms with Crippen LogP contribution in [-0.2, 0) is 0 Å². The molecule has 1 saturated heterocycles. The Kier molecular flexibility index (Phi) is 3.79. The van der Waals surface area contributed by atoms with Crippen molar-refractivity contribution in [2.24, 2.45) is 0 Å². The van der Waals surface area contributed by atoms with E-state index in [1.807, 2.05) is 24.3 Å². The Labute approximate surface area is 96.7 Å². The monoisotopic (exact) mass is 215 g/mol. The molecule has 3 nitrogen and oxygen atoms in total. The molecule has 1 aliphatic rings. The molecular formula is C13H17N3. The van der Waals surface area contributed by atoms with Gasteiger partial charge in [0, 0.05) is 25.3 Å². The smallest absolute Gasteiger partial charge is 0.0991 e. The van der Waals surface area contributed by atoms with Gasteiger partial charge in [-0.05, 0) is 43.7 Å². The highest BCUT2D eigenvalue weighted by Gasteiger charge is 2.08. The molecule has 0 aliphatic carbocycles. The highest BCUT2D eigenvalue weighted by molar-refractivity contribution is 5.49. The summed E-state index contributed by atoms with van der Waals surface area (Å²) in [6, 6.07) is 10.0. The number of hydrogen-bond acceptors (Lipinski definition) is 3. The third-order valence-corrected chi connectivity index (χ3v) is 2.95. The van der Waals surface area contributed by atoms with E-state index in [1.54, 1.807) is 0 Å². The van der Waals surface area contributed by atoms with Crippen LogP contribution in [0.2, 0.25) is 0 Å². The Morgan fingerprint density at radius 3 is 2.62 bits per heavy atom. The van der Waals surface area contributed by atoms with Crippen LogP contribution in [0.3, 0.4) is 0 Å². The van der Waals surface area contributed by atoms with Gasteiger partial charge < -0.3 is 10.2 Å². The lowest BCUT2D eigenvalue weighted by Gasteiger charge is -2.27. The van der Waals surface area contributed by atoms with Gasteiger partial charge in [0.25, 0.3) is 0 Å².